The van der Waals surface area contributed by atoms with Crippen LogP contribution in [0.15, 0.2) is 18.2 Å². The van der Waals surface area contributed by atoms with Crippen LogP contribution in [0.3, 0.4) is 0 Å². The van der Waals surface area contributed by atoms with Crippen LogP contribution in [0.5, 0.6) is 5.75 Å². The summed E-state index contributed by atoms with van der Waals surface area (Å²) in [5.74, 6) is 0.815. The molecule has 0 fully saturated rings. The standard InChI is InChI=1S/C9H12ClNO/c1-3-11-9-6-7(12-2)4-5-8(9)10/h4-6,11H,3H2,1-2H3. The zero-order chi connectivity index (χ0) is 8.97. The molecule has 1 rings (SSSR count). The van der Waals surface area contributed by atoms with Gasteiger partial charge in [-0.25, -0.2) is 0 Å². The molecule has 2 nitrogen and oxygen atoms in total. The zero-order valence-electron chi connectivity index (χ0n) is 7.23. The summed E-state index contributed by atoms with van der Waals surface area (Å²) in [6, 6.07) is 5.54. The Labute approximate surface area is 77.5 Å². The smallest absolute Gasteiger partial charge is 0.121 e. The lowest BCUT2D eigenvalue weighted by molar-refractivity contribution is 0.415. The summed E-state index contributed by atoms with van der Waals surface area (Å²) in [7, 11) is 1.64. The van der Waals surface area contributed by atoms with Crippen molar-refractivity contribution >= 4 is 17.3 Å². The lowest BCUT2D eigenvalue weighted by Crippen LogP contribution is -1.97. The minimum atomic E-state index is 0.720. The third-order valence-electron chi connectivity index (χ3n) is 1.54. The summed E-state index contributed by atoms with van der Waals surface area (Å²) in [4.78, 5) is 0. The SMILES string of the molecule is CCNc1cc(OC)ccc1Cl. The predicted molar refractivity (Wildman–Crippen MR) is 52.2 cm³/mol. The van der Waals surface area contributed by atoms with Gasteiger partial charge in [0.05, 0.1) is 17.8 Å². The van der Waals surface area contributed by atoms with Crippen molar-refractivity contribution < 1.29 is 4.74 Å². The van der Waals surface area contributed by atoms with Gasteiger partial charge in [-0.15, -0.1) is 0 Å². The Balaban J connectivity index is 2.91. The molecule has 3 heteroatoms. The van der Waals surface area contributed by atoms with E-state index in [1.165, 1.54) is 0 Å². The van der Waals surface area contributed by atoms with Crippen molar-refractivity contribution in [3.05, 3.63) is 23.2 Å². The molecule has 0 aliphatic rings. The molecule has 0 aromatic heterocycles. The van der Waals surface area contributed by atoms with Crippen molar-refractivity contribution in [1.82, 2.24) is 0 Å². The van der Waals surface area contributed by atoms with E-state index < -0.39 is 0 Å². The molecule has 0 amide bonds. The van der Waals surface area contributed by atoms with Crippen LogP contribution in [0.1, 0.15) is 6.92 Å². The van der Waals surface area contributed by atoms with Crippen molar-refractivity contribution in [2.24, 2.45) is 0 Å². The first-order valence-electron chi connectivity index (χ1n) is 3.85. The molecule has 0 saturated carbocycles. The van der Waals surface area contributed by atoms with Gasteiger partial charge in [-0.3, -0.25) is 0 Å². The van der Waals surface area contributed by atoms with Gasteiger partial charge in [0.15, 0.2) is 0 Å². The highest BCUT2D eigenvalue weighted by Crippen LogP contribution is 2.26. The van der Waals surface area contributed by atoms with Crippen molar-refractivity contribution in [2.75, 3.05) is 19.0 Å². The van der Waals surface area contributed by atoms with E-state index in [0.717, 1.165) is 23.0 Å². The van der Waals surface area contributed by atoms with Gasteiger partial charge in [0, 0.05) is 12.6 Å². The molecule has 0 bridgehead atoms. The first kappa shape index (κ1) is 9.20. The third kappa shape index (κ3) is 2.05. The van der Waals surface area contributed by atoms with Crippen LogP contribution in [0.4, 0.5) is 5.69 Å². The Kier molecular flexibility index (Phi) is 3.23. The van der Waals surface area contributed by atoms with E-state index in [2.05, 4.69) is 5.32 Å². The second kappa shape index (κ2) is 4.21. The first-order chi connectivity index (χ1) is 5.77. The highest BCUT2D eigenvalue weighted by Gasteiger charge is 1.99. The van der Waals surface area contributed by atoms with Crippen molar-refractivity contribution in [1.29, 1.82) is 0 Å². The van der Waals surface area contributed by atoms with Gasteiger partial charge in [-0.05, 0) is 19.1 Å². The first-order valence-corrected chi connectivity index (χ1v) is 4.23. The zero-order valence-corrected chi connectivity index (χ0v) is 7.98. The van der Waals surface area contributed by atoms with Crippen molar-refractivity contribution in [2.45, 2.75) is 6.92 Å². The number of benzene rings is 1. The number of hydrogen-bond acceptors (Lipinski definition) is 2. The second-order valence-corrected chi connectivity index (χ2v) is 2.78. The highest BCUT2D eigenvalue weighted by atomic mass is 35.5. The number of rotatable bonds is 3. The van der Waals surface area contributed by atoms with Crippen LogP contribution in [-0.4, -0.2) is 13.7 Å². The fourth-order valence-electron chi connectivity index (χ4n) is 0.957. The molecule has 1 aromatic carbocycles. The van der Waals surface area contributed by atoms with Crippen LogP contribution in [-0.2, 0) is 0 Å². The molecule has 0 unspecified atom stereocenters. The van der Waals surface area contributed by atoms with E-state index in [1.807, 2.05) is 25.1 Å². The predicted octanol–water partition coefficient (Wildman–Crippen LogP) is 2.78. The largest absolute Gasteiger partial charge is 0.497 e. The number of methoxy groups -OCH3 is 1. The van der Waals surface area contributed by atoms with E-state index >= 15 is 0 Å². The molecule has 0 radical (unpaired) electrons. The molecular formula is C9H12ClNO. The third-order valence-corrected chi connectivity index (χ3v) is 1.87. The van der Waals surface area contributed by atoms with Crippen LogP contribution in [0.2, 0.25) is 5.02 Å². The molecule has 0 heterocycles. The topological polar surface area (TPSA) is 21.3 Å². The number of nitrogens with one attached hydrogen (secondary N) is 1. The van der Waals surface area contributed by atoms with Gasteiger partial charge in [0.2, 0.25) is 0 Å². The van der Waals surface area contributed by atoms with Gasteiger partial charge in [0.25, 0.3) is 0 Å². The van der Waals surface area contributed by atoms with Gasteiger partial charge >= 0.3 is 0 Å². The van der Waals surface area contributed by atoms with E-state index in [9.17, 15) is 0 Å². The molecule has 1 N–H and O–H groups in total. The summed E-state index contributed by atoms with van der Waals surface area (Å²) >= 11 is 5.91. The normalized spacial score (nSPS) is 9.58. The number of ether oxygens (including phenoxy) is 1. The summed E-state index contributed by atoms with van der Waals surface area (Å²) in [5, 5.41) is 3.86. The molecule has 0 saturated heterocycles. The Morgan fingerprint density at radius 3 is 2.83 bits per heavy atom. The van der Waals surface area contributed by atoms with Crippen molar-refractivity contribution in [3.8, 4) is 5.75 Å². The maximum Gasteiger partial charge on any atom is 0.121 e. The van der Waals surface area contributed by atoms with E-state index in [-0.39, 0.29) is 0 Å². The fraction of sp³-hybridized carbons (Fsp3) is 0.333. The molecule has 0 atom stereocenters. The van der Waals surface area contributed by atoms with Gasteiger partial charge in [0.1, 0.15) is 5.75 Å². The lowest BCUT2D eigenvalue weighted by Gasteiger charge is -2.07. The van der Waals surface area contributed by atoms with E-state index in [4.69, 9.17) is 16.3 Å². The average Bonchev–Trinajstić information content (AvgIpc) is 2.09. The molecule has 12 heavy (non-hydrogen) atoms. The minimum Gasteiger partial charge on any atom is -0.497 e. The minimum absolute atomic E-state index is 0.720. The summed E-state index contributed by atoms with van der Waals surface area (Å²) < 4.78 is 5.06. The summed E-state index contributed by atoms with van der Waals surface area (Å²) in [5.41, 5.74) is 0.915. The van der Waals surface area contributed by atoms with Crippen LogP contribution in [0, 0.1) is 0 Å². The molecule has 1 aromatic rings. The number of hydrogen-bond donors (Lipinski definition) is 1. The molecular weight excluding hydrogens is 174 g/mol. The Bertz CT molecular complexity index is 263. The Morgan fingerprint density at radius 1 is 1.50 bits per heavy atom. The molecule has 0 aliphatic carbocycles. The van der Waals surface area contributed by atoms with Crippen LogP contribution in [0.25, 0.3) is 0 Å². The monoisotopic (exact) mass is 185 g/mol. The maximum absolute atomic E-state index is 5.91. The van der Waals surface area contributed by atoms with Gasteiger partial charge in [-0.1, -0.05) is 11.6 Å². The second-order valence-electron chi connectivity index (χ2n) is 2.38. The Morgan fingerprint density at radius 2 is 2.25 bits per heavy atom. The van der Waals surface area contributed by atoms with E-state index in [1.54, 1.807) is 7.11 Å². The average molecular weight is 186 g/mol. The van der Waals surface area contributed by atoms with Gasteiger partial charge < -0.3 is 10.1 Å². The molecule has 66 valence electrons. The fourth-order valence-corrected chi connectivity index (χ4v) is 1.14. The number of halogens is 1. The van der Waals surface area contributed by atoms with E-state index in [0.29, 0.717) is 0 Å². The summed E-state index contributed by atoms with van der Waals surface area (Å²) in [6.45, 7) is 2.88. The lowest BCUT2D eigenvalue weighted by atomic mass is 10.3. The summed E-state index contributed by atoms with van der Waals surface area (Å²) in [6.07, 6.45) is 0. The highest BCUT2D eigenvalue weighted by molar-refractivity contribution is 6.33. The molecule has 0 aliphatic heterocycles. The molecule has 0 spiro atoms. The number of anilines is 1. The van der Waals surface area contributed by atoms with Crippen molar-refractivity contribution in [3.63, 3.8) is 0 Å². The van der Waals surface area contributed by atoms with Crippen LogP contribution < -0.4 is 10.1 Å². The quantitative estimate of drug-likeness (QED) is 0.782. The Hall–Kier alpha value is -0.890. The maximum atomic E-state index is 5.91. The van der Waals surface area contributed by atoms with Gasteiger partial charge in [-0.2, -0.15) is 0 Å². The van der Waals surface area contributed by atoms with Crippen LogP contribution >= 0.6 is 11.6 Å².